The van der Waals surface area contributed by atoms with Crippen LogP contribution in [0.3, 0.4) is 0 Å². The first kappa shape index (κ1) is 27.0. The molecule has 1 aliphatic carbocycles. The highest BCUT2D eigenvalue weighted by molar-refractivity contribution is 7.98. The molecule has 0 radical (unpaired) electrons. The Kier molecular flexibility index (Phi) is 8.80. The number of thioether (sulfide) groups is 1. The second-order valence-corrected chi connectivity index (χ2v) is 11.7. The predicted octanol–water partition coefficient (Wildman–Crippen LogP) is 7.22. The fraction of sp³-hybridized carbons (Fsp3) is 0.361. The van der Waals surface area contributed by atoms with Crippen molar-refractivity contribution in [1.29, 1.82) is 0 Å². The van der Waals surface area contributed by atoms with Crippen molar-refractivity contribution in [3.05, 3.63) is 117 Å². The van der Waals surface area contributed by atoms with Crippen molar-refractivity contribution in [3.8, 4) is 11.1 Å². The van der Waals surface area contributed by atoms with Gasteiger partial charge in [-0.25, -0.2) is 4.39 Å². The fourth-order valence-corrected chi connectivity index (χ4v) is 6.17. The number of likely N-dealkylation sites (N-methyl/N-ethyl adjacent to an activating group) is 1. The molecule has 3 aromatic carbocycles. The Morgan fingerprint density at radius 2 is 1.53 bits per heavy atom. The summed E-state index contributed by atoms with van der Waals surface area (Å²) in [5.41, 5.74) is -0.539. The molecule has 6 nitrogen and oxygen atoms in total. The van der Waals surface area contributed by atoms with Crippen LogP contribution in [-0.2, 0) is 42.6 Å². The molecule has 0 N–H and O–H groups in total. The van der Waals surface area contributed by atoms with Crippen molar-refractivity contribution in [2.75, 3.05) is 26.1 Å². The maximum atomic E-state index is 14.3. The van der Waals surface area contributed by atoms with E-state index in [1.54, 1.807) is 24.3 Å². The lowest BCUT2D eigenvalue weighted by molar-refractivity contribution is -0.137. The van der Waals surface area contributed by atoms with E-state index in [1.165, 1.54) is 47.6 Å². The number of amides is 1. The SMILES string of the molecule is [2H]C([2H])(Sc1nc(=O)c2c(n1CC(=O)N(CCN(C([2H])([2H])C)C([2H])([2H])C)Cc1ccc(-c3ccc(C(F)(F)F)cc3)cc1)CCC2)c1ccc(F)cc1. The normalized spacial score (nSPS) is 15.6. The van der Waals surface area contributed by atoms with E-state index >= 15 is 0 Å². The summed E-state index contributed by atoms with van der Waals surface area (Å²) >= 11 is 0.618. The summed E-state index contributed by atoms with van der Waals surface area (Å²) in [6.07, 6.45) is -2.96. The highest BCUT2D eigenvalue weighted by Gasteiger charge is 2.30. The minimum Gasteiger partial charge on any atom is -0.336 e. The number of hydrogen-bond acceptors (Lipinski definition) is 5. The number of hydrogen-bond donors (Lipinski definition) is 0. The number of alkyl halides is 3. The third-order valence-corrected chi connectivity index (χ3v) is 8.79. The van der Waals surface area contributed by atoms with E-state index in [1.807, 2.05) is 0 Å². The van der Waals surface area contributed by atoms with Crippen molar-refractivity contribution < 1.29 is 30.6 Å². The molecule has 0 spiro atoms. The first-order valence-corrected chi connectivity index (χ1v) is 15.8. The van der Waals surface area contributed by atoms with Gasteiger partial charge in [0, 0.05) is 44.8 Å². The average Bonchev–Trinajstić information content (AvgIpc) is 3.56. The lowest BCUT2D eigenvalue weighted by Gasteiger charge is -2.28. The van der Waals surface area contributed by atoms with E-state index in [4.69, 9.17) is 8.22 Å². The molecule has 4 aromatic rings. The van der Waals surface area contributed by atoms with Gasteiger partial charge >= 0.3 is 6.18 Å². The Balaban J connectivity index is 1.46. The summed E-state index contributed by atoms with van der Waals surface area (Å²) in [7, 11) is 0. The van der Waals surface area contributed by atoms with Crippen molar-refractivity contribution in [2.45, 2.75) is 63.2 Å². The summed E-state index contributed by atoms with van der Waals surface area (Å²) in [5.74, 6) is -1.04. The van der Waals surface area contributed by atoms with Crippen LogP contribution in [-0.4, -0.2) is 51.3 Å². The van der Waals surface area contributed by atoms with Gasteiger partial charge in [-0.3, -0.25) is 9.59 Å². The van der Waals surface area contributed by atoms with Gasteiger partial charge in [0.1, 0.15) is 12.4 Å². The molecular weight excluding hydrogens is 628 g/mol. The van der Waals surface area contributed by atoms with Crippen LogP contribution < -0.4 is 5.56 Å². The third-order valence-electron chi connectivity index (χ3n) is 7.96. The summed E-state index contributed by atoms with van der Waals surface area (Å²) in [6.45, 7) is -2.42. The van der Waals surface area contributed by atoms with Gasteiger partial charge < -0.3 is 14.4 Å². The molecule has 1 amide bonds. The first-order chi connectivity index (χ1) is 24.6. The van der Waals surface area contributed by atoms with Gasteiger partial charge in [0.05, 0.1) is 5.56 Å². The van der Waals surface area contributed by atoms with Crippen molar-refractivity contribution in [3.63, 3.8) is 0 Å². The van der Waals surface area contributed by atoms with Gasteiger partial charge in [0.25, 0.3) is 5.56 Å². The molecule has 248 valence electrons. The lowest BCUT2D eigenvalue weighted by atomic mass is 10.0. The highest BCUT2D eigenvalue weighted by atomic mass is 32.2. The number of benzene rings is 3. The second kappa shape index (κ2) is 15.3. The predicted molar refractivity (Wildman–Crippen MR) is 177 cm³/mol. The van der Waals surface area contributed by atoms with Gasteiger partial charge in [0.15, 0.2) is 5.16 Å². The first-order valence-electron chi connectivity index (χ1n) is 18.0. The van der Waals surface area contributed by atoms with Crippen LogP contribution in [0.2, 0.25) is 0 Å². The molecule has 0 saturated carbocycles. The number of aromatic nitrogens is 2. The Labute approximate surface area is 284 Å². The van der Waals surface area contributed by atoms with Gasteiger partial charge in [-0.1, -0.05) is 74.1 Å². The maximum Gasteiger partial charge on any atom is 0.416 e. The molecular formula is C36H38F4N4O2S. The minimum atomic E-state index is -4.47. The molecule has 0 bridgehead atoms. The molecule has 47 heavy (non-hydrogen) atoms. The van der Waals surface area contributed by atoms with Crippen LogP contribution in [0, 0.1) is 5.82 Å². The molecule has 0 atom stereocenters. The Morgan fingerprint density at radius 1 is 0.915 bits per heavy atom. The molecule has 5 rings (SSSR count). The van der Waals surface area contributed by atoms with Crippen molar-refractivity contribution in [2.24, 2.45) is 0 Å². The molecule has 0 saturated heterocycles. The summed E-state index contributed by atoms with van der Waals surface area (Å²) in [6, 6.07) is 16.4. The molecule has 0 fully saturated rings. The fourth-order valence-electron chi connectivity index (χ4n) is 5.41. The number of carbonyl (C=O) groups excluding carboxylic acids is 1. The maximum absolute atomic E-state index is 14.3. The van der Waals surface area contributed by atoms with Crippen LogP contribution >= 0.6 is 11.8 Å². The van der Waals surface area contributed by atoms with Crippen LogP contribution in [0.25, 0.3) is 11.1 Å². The number of nitrogens with zero attached hydrogens (tertiary/aromatic N) is 4. The quantitative estimate of drug-likeness (QED) is 0.0853. The number of fused-ring (bicyclic) bond motifs is 1. The number of rotatable bonds is 13. The van der Waals surface area contributed by atoms with E-state index in [0.29, 0.717) is 59.0 Å². The Hall–Kier alpha value is -3.96. The standard InChI is InChI=1S/C36H38F4N4O2S/c1-3-42(4-2)20-21-43(22-25-8-12-27(13-9-25)28-14-16-29(17-15-28)36(38,39)40)33(45)23-44-32-7-5-6-31(32)34(46)41-35(44)47-24-26-10-18-30(37)19-11-26/h8-19H,3-7,20-24H2,1-2H3/i3D2,4D2,24D2. The molecule has 1 aromatic heterocycles. The zero-order valence-corrected chi connectivity index (χ0v) is 26.7. The lowest BCUT2D eigenvalue weighted by Crippen LogP contribution is -2.40. The smallest absolute Gasteiger partial charge is 0.336 e. The highest BCUT2D eigenvalue weighted by Crippen LogP contribution is 2.31. The van der Waals surface area contributed by atoms with Gasteiger partial charge in [-0.05, 0) is 78.8 Å². The van der Waals surface area contributed by atoms with Gasteiger partial charge in [-0.15, -0.1) is 0 Å². The molecule has 1 heterocycles. The van der Waals surface area contributed by atoms with Crippen molar-refractivity contribution >= 4 is 17.7 Å². The second-order valence-electron chi connectivity index (χ2n) is 11.0. The van der Waals surface area contributed by atoms with Crippen molar-refractivity contribution in [1.82, 2.24) is 19.4 Å². The minimum absolute atomic E-state index is 0.00586. The van der Waals surface area contributed by atoms with E-state index in [2.05, 4.69) is 4.98 Å². The Morgan fingerprint density at radius 3 is 2.15 bits per heavy atom. The summed E-state index contributed by atoms with van der Waals surface area (Å²) in [5, 5.41) is -0.0458. The Bertz CT molecular complexity index is 1970. The van der Waals surface area contributed by atoms with Gasteiger partial charge in [0.2, 0.25) is 5.91 Å². The summed E-state index contributed by atoms with van der Waals surface area (Å²) in [4.78, 5) is 33.9. The molecule has 11 heteroatoms. The molecule has 0 aliphatic heterocycles. The van der Waals surface area contributed by atoms with Gasteiger partial charge in [-0.2, -0.15) is 18.2 Å². The zero-order chi connectivity index (χ0) is 38.9. The van der Waals surface area contributed by atoms with Crippen LogP contribution in [0.4, 0.5) is 17.6 Å². The van der Waals surface area contributed by atoms with E-state index in [0.717, 1.165) is 29.2 Å². The average molecular weight is 673 g/mol. The number of carbonyl (C=O) groups is 1. The van der Waals surface area contributed by atoms with Crippen LogP contribution in [0.5, 0.6) is 0 Å². The van der Waals surface area contributed by atoms with Crippen LogP contribution in [0.1, 0.15) is 56.4 Å². The third kappa shape index (κ3) is 8.70. The topological polar surface area (TPSA) is 58.4 Å². The number of halogens is 4. The van der Waals surface area contributed by atoms with Crippen LogP contribution in [0.15, 0.2) is 82.7 Å². The van der Waals surface area contributed by atoms with E-state index in [-0.39, 0.29) is 36.9 Å². The van der Waals surface area contributed by atoms with E-state index in [9.17, 15) is 27.2 Å². The summed E-state index contributed by atoms with van der Waals surface area (Å²) < 4.78 is 105. The largest absolute Gasteiger partial charge is 0.416 e. The molecule has 0 unspecified atom stereocenters. The van der Waals surface area contributed by atoms with E-state index < -0.39 is 47.7 Å². The molecule has 1 aliphatic rings. The zero-order valence-electron chi connectivity index (χ0n) is 31.9. The monoisotopic (exact) mass is 672 g/mol.